The molecule has 3 aromatic rings. The van der Waals surface area contributed by atoms with E-state index < -0.39 is 23.1 Å². The van der Waals surface area contributed by atoms with Crippen LogP contribution in [0.5, 0.6) is 0 Å². The summed E-state index contributed by atoms with van der Waals surface area (Å²) >= 11 is 0. The monoisotopic (exact) mass is 489 g/mol. The lowest BCUT2D eigenvalue weighted by atomic mass is 9.85. The number of aromatic nitrogens is 4. The van der Waals surface area contributed by atoms with Gasteiger partial charge in [0.15, 0.2) is 17.3 Å². The summed E-state index contributed by atoms with van der Waals surface area (Å²) in [4.78, 5) is 25.1. The second-order valence-corrected chi connectivity index (χ2v) is 8.99. The predicted octanol–water partition coefficient (Wildman–Crippen LogP) is 3.79. The van der Waals surface area contributed by atoms with E-state index in [0.29, 0.717) is 56.0 Å². The summed E-state index contributed by atoms with van der Waals surface area (Å²) < 4.78 is 49.8. The number of carbonyl (C=O) groups excluding carboxylic acids is 1. The first-order valence-electron chi connectivity index (χ1n) is 11.7. The first-order chi connectivity index (χ1) is 16.9. The first kappa shape index (κ1) is 23.3. The number of rotatable bonds is 6. The Morgan fingerprint density at radius 1 is 1.03 bits per heavy atom. The lowest BCUT2D eigenvalue weighted by Crippen LogP contribution is -2.29. The summed E-state index contributed by atoms with van der Waals surface area (Å²) in [6.45, 7) is 1.31. The molecular weight excluding hydrogens is 463 g/mol. The Bertz CT molecular complexity index is 1240. The van der Waals surface area contributed by atoms with Crippen LogP contribution in [0.1, 0.15) is 44.6 Å². The molecule has 1 aromatic carbocycles. The third kappa shape index (κ3) is 4.75. The number of primary amides is 1. The number of benzene rings is 1. The van der Waals surface area contributed by atoms with Crippen molar-refractivity contribution < 1.29 is 22.7 Å². The van der Waals surface area contributed by atoms with Crippen LogP contribution >= 0.6 is 0 Å². The van der Waals surface area contributed by atoms with Crippen molar-refractivity contribution in [3.8, 4) is 0 Å². The Morgan fingerprint density at radius 3 is 2.46 bits per heavy atom. The lowest BCUT2D eigenvalue weighted by Gasteiger charge is -2.29. The average molecular weight is 490 g/mol. The molecule has 4 N–H and O–H groups in total. The Morgan fingerprint density at radius 2 is 1.74 bits per heavy atom. The van der Waals surface area contributed by atoms with Crippen LogP contribution in [-0.4, -0.2) is 44.7 Å². The Hall–Kier alpha value is -3.41. The van der Waals surface area contributed by atoms with Gasteiger partial charge in [-0.15, -0.1) is 0 Å². The van der Waals surface area contributed by atoms with Crippen LogP contribution in [0.4, 0.5) is 30.8 Å². The van der Waals surface area contributed by atoms with Crippen molar-refractivity contribution in [2.45, 2.75) is 50.6 Å². The molecule has 0 spiro atoms. The molecule has 35 heavy (non-hydrogen) atoms. The molecule has 2 aliphatic rings. The summed E-state index contributed by atoms with van der Waals surface area (Å²) in [5.74, 6) is -3.51. The van der Waals surface area contributed by atoms with E-state index in [4.69, 9.17) is 10.5 Å². The number of amides is 1. The van der Waals surface area contributed by atoms with Crippen LogP contribution in [0.3, 0.4) is 0 Å². The van der Waals surface area contributed by atoms with Crippen LogP contribution < -0.4 is 16.4 Å². The van der Waals surface area contributed by atoms with Gasteiger partial charge in [-0.2, -0.15) is 4.98 Å². The highest BCUT2D eigenvalue weighted by molar-refractivity contribution is 5.78. The van der Waals surface area contributed by atoms with Gasteiger partial charge in [-0.1, -0.05) is 0 Å². The maximum absolute atomic E-state index is 14.4. The van der Waals surface area contributed by atoms with Gasteiger partial charge in [0, 0.05) is 31.2 Å². The first-order valence-corrected chi connectivity index (χ1v) is 11.7. The highest BCUT2D eigenvalue weighted by Gasteiger charge is 2.30. The molecule has 1 saturated heterocycles. The topological polar surface area (TPSA) is 120 Å². The van der Waals surface area contributed by atoms with Crippen LogP contribution in [0, 0.1) is 23.4 Å². The molecule has 0 atom stereocenters. The molecule has 1 aliphatic carbocycles. The van der Waals surface area contributed by atoms with Crippen LogP contribution in [0.2, 0.25) is 0 Å². The minimum Gasteiger partial charge on any atom is -0.381 e. The third-order valence-corrected chi connectivity index (χ3v) is 6.73. The standard InChI is InChI=1S/C23H26F3N7O2/c24-15-5-6-16(25)19(18(15)26)31-23-30-17-11-28-22(29-13-7-9-35-10-8-13)32-21(17)33(23)14-3-1-12(2-4-14)20(27)34/h5-6,11-14H,1-4,7-10H2,(H2,27,34)(H,30,31)(H,28,29,32)/t12-,14-. The van der Waals surface area contributed by atoms with E-state index in [0.717, 1.165) is 25.0 Å². The van der Waals surface area contributed by atoms with Crippen LogP contribution in [-0.2, 0) is 9.53 Å². The molecule has 2 fully saturated rings. The fourth-order valence-electron chi connectivity index (χ4n) is 4.79. The maximum atomic E-state index is 14.4. The minimum absolute atomic E-state index is 0.114. The minimum atomic E-state index is -1.34. The second-order valence-electron chi connectivity index (χ2n) is 8.99. The molecule has 0 radical (unpaired) electrons. The fraction of sp³-hybridized carbons (Fsp3) is 0.478. The number of nitrogens with one attached hydrogen (secondary N) is 2. The molecule has 12 heteroatoms. The summed E-state index contributed by atoms with van der Waals surface area (Å²) in [6, 6.07) is 1.57. The average Bonchev–Trinajstić information content (AvgIpc) is 3.22. The van der Waals surface area contributed by atoms with E-state index in [1.54, 1.807) is 10.8 Å². The zero-order chi connectivity index (χ0) is 24.5. The second kappa shape index (κ2) is 9.68. The zero-order valence-electron chi connectivity index (χ0n) is 18.9. The van der Waals surface area contributed by atoms with Crippen molar-refractivity contribution in [3.63, 3.8) is 0 Å². The summed E-state index contributed by atoms with van der Waals surface area (Å²) in [5, 5.41) is 5.95. The van der Waals surface area contributed by atoms with Gasteiger partial charge >= 0.3 is 0 Å². The normalized spacial score (nSPS) is 21.2. The number of ether oxygens (including phenoxy) is 1. The predicted molar refractivity (Wildman–Crippen MR) is 123 cm³/mol. The number of halogens is 3. The lowest BCUT2D eigenvalue weighted by molar-refractivity contribution is -0.122. The number of nitrogens with zero attached hydrogens (tertiary/aromatic N) is 4. The van der Waals surface area contributed by atoms with Gasteiger partial charge in [-0.05, 0) is 50.7 Å². The molecule has 1 aliphatic heterocycles. The Balaban J connectivity index is 1.53. The van der Waals surface area contributed by atoms with Gasteiger partial charge in [0.05, 0.1) is 6.20 Å². The summed E-state index contributed by atoms with van der Waals surface area (Å²) in [6.07, 6.45) is 5.51. The van der Waals surface area contributed by atoms with E-state index >= 15 is 0 Å². The zero-order valence-corrected chi connectivity index (χ0v) is 18.9. The van der Waals surface area contributed by atoms with E-state index in [-0.39, 0.29) is 29.9 Å². The number of carbonyl (C=O) groups is 1. The van der Waals surface area contributed by atoms with Crippen LogP contribution in [0.25, 0.3) is 11.2 Å². The molecule has 0 bridgehead atoms. The number of fused-ring (bicyclic) bond motifs is 1. The smallest absolute Gasteiger partial charge is 0.224 e. The Labute approximate surface area is 199 Å². The van der Waals surface area contributed by atoms with Crippen molar-refractivity contribution in [1.29, 1.82) is 0 Å². The van der Waals surface area contributed by atoms with E-state index in [9.17, 15) is 18.0 Å². The molecule has 2 aromatic heterocycles. The molecule has 5 rings (SSSR count). The number of hydrogen-bond donors (Lipinski definition) is 3. The molecule has 0 unspecified atom stereocenters. The van der Waals surface area contributed by atoms with Gasteiger partial charge in [-0.3, -0.25) is 9.36 Å². The fourth-order valence-corrected chi connectivity index (χ4v) is 4.79. The number of hydrogen-bond acceptors (Lipinski definition) is 7. The van der Waals surface area contributed by atoms with Crippen molar-refractivity contribution in [2.24, 2.45) is 11.7 Å². The van der Waals surface area contributed by atoms with Crippen molar-refractivity contribution in [2.75, 3.05) is 23.8 Å². The summed E-state index contributed by atoms with van der Waals surface area (Å²) in [5.41, 5.74) is 5.73. The van der Waals surface area contributed by atoms with Gasteiger partial charge in [0.25, 0.3) is 0 Å². The van der Waals surface area contributed by atoms with E-state index in [2.05, 4.69) is 25.6 Å². The molecule has 186 valence electrons. The van der Waals surface area contributed by atoms with Gasteiger partial charge < -0.3 is 21.1 Å². The van der Waals surface area contributed by atoms with Crippen molar-refractivity contribution in [3.05, 3.63) is 35.8 Å². The quantitative estimate of drug-likeness (QED) is 0.451. The highest BCUT2D eigenvalue weighted by Crippen LogP contribution is 2.37. The largest absolute Gasteiger partial charge is 0.381 e. The van der Waals surface area contributed by atoms with E-state index in [1.807, 2.05) is 0 Å². The SMILES string of the molecule is NC(=O)[C@H]1CC[C@H](n2c(Nc3c(F)ccc(F)c3F)nc3cnc(NC4CCOCC4)nc32)CC1. The van der Waals surface area contributed by atoms with Crippen molar-refractivity contribution in [1.82, 2.24) is 19.5 Å². The number of nitrogens with two attached hydrogens (primary N) is 1. The molecule has 1 saturated carbocycles. The maximum Gasteiger partial charge on any atom is 0.224 e. The molecule has 9 nitrogen and oxygen atoms in total. The van der Waals surface area contributed by atoms with Gasteiger partial charge in [-0.25, -0.2) is 23.1 Å². The summed E-state index contributed by atoms with van der Waals surface area (Å²) in [7, 11) is 0. The molecule has 1 amide bonds. The number of imidazole rings is 1. The molecular formula is C23H26F3N7O2. The number of anilines is 3. The van der Waals surface area contributed by atoms with E-state index in [1.165, 1.54) is 0 Å². The van der Waals surface area contributed by atoms with Crippen molar-refractivity contribution >= 4 is 34.7 Å². The van der Waals surface area contributed by atoms with Crippen LogP contribution in [0.15, 0.2) is 18.3 Å². The van der Waals surface area contributed by atoms with Gasteiger partial charge in [0.2, 0.25) is 17.8 Å². The van der Waals surface area contributed by atoms with Gasteiger partial charge in [0.1, 0.15) is 17.0 Å². The third-order valence-electron chi connectivity index (χ3n) is 6.73. The Kier molecular flexibility index (Phi) is 6.46. The molecule has 3 heterocycles. The highest BCUT2D eigenvalue weighted by atomic mass is 19.2.